The fourth-order valence-electron chi connectivity index (χ4n) is 2.12. The number of hydrogen-bond acceptors (Lipinski definition) is 2. The fraction of sp³-hybridized carbons (Fsp3) is 0.500. The molecule has 0 N–H and O–H groups in total. The predicted octanol–water partition coefficient (Wildman–Crippen LogP) is 3.72. The van der Waals surface area contributed by atoms with Crippen molar-refractivity contribution in [2.75, 3.05) is 6.61 Å². The van der Waals surface area contributed by atoms with Gasteiger partial charge in [-0.15, -0.1) is 0 Å². The predicted molar refractivity (Wildman–Crippen MR) is 71.6 cm³/mol. The molecule has 1 atom stereocenters. The number of carbonyl (C=O) groups excluding carboxylic acids is 1. The Hall–Kier alpha value is -0.830. The monoisotopic (exact) mass is 296 g/mol. The Morgan fingerprint density at radius 3 is 2.88 bits per heavy atom. The number of hydrogen-bond donors (Lipinski definition) is 0. The molecular formula is C14H17BrO2. The quantitative estimate of drug-likeness (QED) is 0.539. The molecule has 0 saturated carbocycles. The van der Waals surface area contributed by atoms with Gasteiger partial charge in [0.1, 0.15) is 6.61 Å². The maximum absolute atomic E-state index is 11.9. The number of carbonyl (C=O) groups is 1. The summed E-state index contributed by atoms with van der Waals surface area (Å²) in [7, 11) is 0. The summed E-state index contributed by atoms with van der Waals surface area (Å²) in [6.45, 7) is 0.465. The van der Waals surface area contributed by atoms with Crippen molar-refractivity contribution in [3.63, 3.8) is 0 Å². The van der Waals surface area contributed by atoms with Crippen molar-refractivity contribution >= 4 is 21.9 Å². The van der Waals surface area contributed by atoms with E-state index in [1.54, 1.807) is 0 Å². The van der Waals surface area contributed by atoms with E-state index in [0.29, 0.717) is 6.61 Å². The molecule has 1 aromatic rings. The summed E-state index contributed by atoms with van der Waals surface area (Å²) in [6, 6.07) is 7.77. The smallest absolute Gasteiger partial charge is 0.338 e. The molecule has 0 radical (unpaired) electrons. The second-order valence-electron chi connectivity index (χ2n) is 4.45. The Balaban J connectivity index is 2.18. The minimum absolute atomic E-state index is 0.188. The summed E-state index contributed by atoms with van der Waals surface area (Å²) in [5, 5.41) is 0. The van der Waals surface area contributed by atoms with Crippen LogP contribution in [-0.2, 0) is 11.2 Å². The van der Waals surface area contributed by atoms with Crippen LogP contribution in [0.25, 0.3) is 0 Å². The summed E-state index contributed by atoms with van der Waals surface area (Å²) < 4.78 is 5.33. The molecule has 0 fully saturated rings. The zero-order chi connectivity index (χ0) is 12.1. The summed E-state index contributed by atoms with van der Waals surface area (Å²) >= 11 is 3.55. The average Bonchev–Trinajstić information content (AvgIpc) is 2.38. The van der Waals surface area contributed by atoms with Crippen LogP contribution in [0.5, 0.6) is 0 Å². The fourth-order valence-corrected chi connectivity index (χ4v) is 2.58. The Morgan fingerprint density at radius 1 is 1.18 bits per heavy atom. The molecule has 2 rings (SSSR count). The number of alkyl halides is 1. The molecule has 3 heteroatoms. The Labute approximate surface area is 110 Å². The maximum atomic E-state index is 11.9. The molecule has 1 heterocycles. The van der Waals surface area contributed by atoms with Crippen LogP contribution >= 0.6 is 15.9 Å². The third kappa shape index (κ3) is 3.56. The van der Waals surface area contributed by atoms with Crippen molar-refractivity contribution < 1.29 is 9.53 Å². The van der Waals surface area contributed by atoms with E-state index < -0.39 is 0 Å². The van der Waals surface area contributed by atoms with Crippen molar-refractivity contribution in [2.45, 2.75) is 36.9 Å². The molecule has 0 aliphatic carbocycles. The lowest BCUT2D eigenvalue weighted by Gasteiger charge is -2.10. The normalized spacial score (nSPS) is 22.2. The zero-order valence-electron chi connectivity index (χ0n) is 9.82. The zero-order valence-corrected chi connectivity index (χ0v) is 11.4. The summed E-state index contributed by atoms with van der Waals surface area (Å²) in [4.78, 5) is 12.2. The van der Waals surface area contributed by atoms with Gasteiger partial charge in [0.25, 0.3) is 0 Å². The van der Waals surface area contributed by atoms with E-state index in [0.717, 1.165) is 30.4 Å². The summed E-state index contributed by atoms with van der Waals surface area (Å²) in [5.74, 6) is -0.188. The first-order valence-electron chi connectivity index (χ1n) is 6.16. The van der Waals surface area contributed by atoms with Gasteiger partial charge in [0.15, 0.2) is 0 Å². The molecule has 17 heavy (non-hydrogen) atoms. The summed E-state index contributed by atoms with van der Waals surface area (Å²) in [6.07, 6.45) is 5.59. The first kappa shape index (κ1) is 12.6. The minimum Gasteiger partial charge on any atom is -0.461 e. The van der Waals surface area contributed by atoms with Crippen LogP contribution in [-0.4, -0.2) is 17.4 Å². The van der Waals surface area contributed by atoms with Gasteiger partial charge in [-0.05, 0) is 30.9 Å². The second kappa shape index (κ2) is 6.20. The lowest BCUT2D eigenvalue weighted by Crippen LogP contribution is -2.14. The molecule has 0 bridgehead atoms. The van der Waals surface area contributed by atoms with Gasteiger partial charge >= 0.3 is 5.97 Å². The minimum atomic E-state index is -0.188. The molecular weight excluding hydrogens is 280 g/mol. The van der Waals surface area contributed by atoms with E-state index >= 15 is 0 Å². The van der Waals surface area contributed by atoms with Crippen LogP contribution in [0.2, 0.25) is 0 Å². The van der Waals surface area contributed by atoms with Crippen LogP contribution in [0.3, 0.4) is 0 Å². The number of rotatable bonds is 0. The topological polar surface area (TPSA) is 26.3 Å². The summed E-state index contributed by atoms with van der Waals surface area (Å²) in [5.41, 5.74) is 1.85. The van der Waals surface area contributed by atoms with Crippen LogP contribution in [0.15, 0.2) is 24.3 Å². The van der Waals surface area contributed by atoms with E-state index in [9.17, 15) is 4.79 Å². The highest BCUT2D eigenvalue weighted by molar-refractivity contribution is 9.09. The number of halogens is 1. The van der Waals surface area contributed by atoms with E-state index in [2.05, 4.69) is 15.9 Å². The van der Waals surface area contributed by atoms with Crippen LogP contribution in [0, 0.1) is 0 Å². The average molecular weight is 297 g/mol. The van der Waals surface area contributed by atoms with Gasteiger partial charge in [0.2, 0.25) is 0 Å². The molecule has 1 unspecified atom stereocenters. The molecule has 1 aliphatic heterocycles. The van der Waals surface area contributed by atoms with Gasteiger partial charge in [-0.2, -0.15) is 0 Å². The van der Waals surface area contributed by atoms with Crippen LogP contribution in [0.4, 0.5) is 0 Å². The first-order valence-corrected chi connectivity index (χ1v) is 7.08. The number of benzene rings is 1. The van der Waals surface area contributed by atoms with Gasteiger partial charge in [-0.1, -0.05) is 47.0 Å². The van der Waals surface area contributed by atoms with E-state index in [-0.39, 0.29) is 10.8 Å². The third-order valence-corrected chi connectivity index (χ3v) is 3.82. The van der Waals surface area contributed by atoms with E-state index in [4.69, 9.17) is 4.74 Å². The molecule has 0 amide bonds. The van der Waals surface area contributed by atoms with Crippen LogP contribution in [0.1, 0.15) is 41.6 Å². The molecule has 2 nitrogen and oxygen atoms in total. The Bertz CT molecular complexity index is 390. The number of cyclic esters (lactones) is 1. The highest BCUT2D eigenvalue weighted by atomic mass is 79.9. The SMILES string of the molecule is O=C1OCC(Br)CCCCCc2ccccc21. The maximum Gasteiger partial charge on any atom is 0.338 e. The highest BCUT2D eigenvalue weighted by Crippen LogP contribution is 2.19. The van der Waals surface area contributed by atoms with Crippen molar-refractivity contribution in [3.05, 3.63) is 35.4 Å². The Kier molecular flexibility index (Phi) is 4.60. The number of fused-ring (bicyclic) bond motifs is 1. The lowest BCUT2D eigenvalue weighted by molar-refractivity contribution is 0.0505. The first-order chi connectivity index (χ1) is 8.27. The molecule has 0 spiro atoms. The number of esters is 1. The van der Waals surface area contributed by atoms with Crippen molar-refractivity contribution in [1.82, 2.24) is 0 Å². The molecule has 1 aromatic carbocycles. The van der Waals surface area contributed by atoms with Crippen LogP contribution < -0.4 is 0 Å². The van der Waals surface area contributed by atoms with Crippen molar-refractivity contribution in [1.29, 1.82) is 0 Å². The third-order valence-electron chi connectivity index (χ3n) is 3.10. The van der Waals surface area contributed by atoms with Gasteiger partial charge in [-0.25, -0.2) is 4.79 Å². The van der Waals surface area contributed by atoms with Gasteiger partial charge < -0.3 is 4.74 Å². The van der Waals surface area contributed by atoms with Crippen molar-refractivity contribution in [3.8, 4) is 0 Å². The van der Waals surface area contributed by atoms with Gasteiger partial charge in [0.05, 0.1) is 5.56 Å². The van der Waals surface area contributed by atoms with Crippen molar-refractivity contribution in [2.24, 2.45) is 0 Å². The van der Waals surface area contributed by atoms with E-state index in [1.807, 2.05) is 24.3 Å². The highest BCUT2D eigenvalue weighted by Gasteiger charge is 2.15. The standard InChI is InChI=1S/C14H17BrO2/c15-12-8-3-1-2-6-11-7-4-5-9-13(11)14(16)17-10-12/h4-5,7,9,12H,1-3,6,8,10H2. The van der Waals surface area contributed by atoms with E-state index in [1.165, 1.54) is 12.8 Å². The number of aryl methyl sites for hydroxylation is 1. The van der Waals surface area contributed by atoms with Gasteiger partial charge in [0, 0.05) is 4.83 Å². The Morgan fingerprint density at radius 2 is 2.00 bits per heavy atom. The van der Waals surface area contributed by atoms with Gasteiger partial charge in [-0.3, -0.25) is 0 Å². The lowest BCUT2D eigenvalue weighted by atomic mass is 10.0. The number of ether oxygens (including phenoxy) is 1. The second-order valence-corrected chi connectivity index (χ2v) is 5.75. The molecule has 0 saturated heterocycles. The molecule has 0 aromatic heterocycles. The molecule has 92 valence electrons. The largest absolute Gasteiger partial charge is 0.461 e. The molecule has 1 aliphatic rings.